The van der Waals surface area contributed by atoms with Crippen molar-refractivity contribution in [2.45, 2.75) is 63.1 Å². The molecule has 4 aromatic rings. The van der Waals surface area contributed by atoms with Gasteiger partial charge in [0.15, 0.2) is 5.82 Å². The fourth-order valence-corrected chi connectivity index (χ4v) is 7.62. The molecule has 2 atom stereocenters. The molecule has 0 spiro atoms. The first-order valence-electron chi connectivity index (χ1n) is 14.8. The standard InChI is InChI=1S/C31H33ClF4N6O/c1-18-6-7-19-14-37-40(2)27(19)23(18)24-22(32)12-21-26(25(24)34)38-29(39-28(21)41-10-4-3-9-31(35,36)16-41)43-17-30-8-5-11-42(30)15-20(33)13-30/h6-7,12,14,20H,3-5,8-11,13,15-17H2,1-2H3/t20-,30+/m1/s1. The van der Waals surface area contributed by atoms with Crippen molar-refractivity contribution in [1.29, 1.82) is 0 Å². The van der Waals surface area contributed by atoms with Gasteiger partial charge in [-0.15, -0.1) is 0 Å². The molecular formula is C31H33ClF4N6O. The summed E-state index contributed by atoms with van der Waals surface area (Å²) in [4.78, 5) is 12.7. The fraction of sp³-hybridized carbons (Fsp3) is 0.516. The molecule has 7 nitrogen and oxygen atoms in total. The molecule has 2 aromatic carbocycles. The zero-order chi connectivity index (χ0) is 30.1. The van der Waals surface area contributed by atoms with E-state index >= 15 is 4.39 Å². The van der Waals surface area contributed by atoms with Gasteiger partial charge >= 0.3 is 6.01 Å². The minimum Gasteiger partial charge on any atom is -0.461 e. The first-order valence-corrected chi connectivity index (χ1v) is 15.2. The lowest BCUT2D eigenvalue weighted by Crippen LogP contribution is -2.43. The van der Waals surface area contributed by atoms with Crippen LogP contribution in [0.1, 0.15) is 44.1 Å². The number of fused-ring (bicyclic) bond motifs is 3. The SMILES string of the molecule is Cc1ccc2cnn(C)c2c1-c1c(Cl)cc2c(N3CCCCC(F)(F)C3)nc(OC[C@@]34CCCN3C[C@H](F)C4)nc2c1F. The maximum atomic E-state index is 16.8. The van der Waals surface area contributed by atoms with Crippen molar-refractivity contribution in [2.75, 3.05) is 37.7 Å². The van der Waals surface area contributed by atoms with Crippen LogP contribution in [-0.2, 0) is 7.05 Å². The summed E-state index contributed by atoms with van der Waals surface area (Å²) < 4.78 is 68.7. The van der Waals surface area contributed by atoms with E-state index in [0.717, 1.165) is 30.3 Å². The topological polar surface area (TPSA) is 59.3 Å². The number of nitrogens with zero attached hydrogens (tertiary/aromatic N) is 6. The van der Waals surface area contributed by atoms with Crippen molar-refractivity contribution in [3.8, 4) is 17.1 Å². The van der Waals surface area contributed by atoms with Gasteiger partial charge in [0.05, 0.1) is 28.8 Å². The smallest absolute Gasteiger partial charge is 0.319 e. The van der Waals surface area contributed by atoms with E-state index in [-0.39, 0.29) is 46.3 Å². The Hall–Kier alpha value is -3.18. The van der Waals surface area contributed by atoms with Crippen LogP contribution in [-0.4, -0.2) is 75.1 Å². The average molecular weight is 617 g/mol. The second-order valence-electron chi connectivity index (χ2n) is 12.3. The first-order chi connectivity index (χ1) is 20.6. The van der Waals surface area contributed by atoms with Crippen LogP contribution >= 0.6 is 11.6 Å². The number of anilines is 1. The molecule has 3 aliphatic heterocycles. The Balaban J connectivity index is 1.40. The van der Waals surface area contributed by atoms with Crippen molar-refractivity contribution in [3.05, 3.63) is 40.8 Å². The molecule has 0 saturated carbocycles. The van der Waals surface area contributed by atoms with E-state index in [2.05, 4.69) is 20.0 Å². The molecule has 3 fully saturated rings. The zero-order valence-electron chi connectivity index (χ0n) is 24.1. The molecule has 3 saturated heterocycles. The van der Waals surface area contributed by atoms with Gasteiger partial charge in [0.25, 0.3) is 5.92 Å². The molecule has 0 unspecified atom stereocenters. The van der Waals surface area contributed by atoms with Gasteiger partial charge in [0.2, 0.25) is 0 Å². The lowest BCUT2D eigenvalue weighted by molar-refractivity contribution is 0.00337. The molecule has 0 radical (unpaired) electrons. The molecule has 0 amide bonds. The minimum absolute atomic E-state index is 0.0684. The van der Waals surface area contributed by atoms with Gasteiger partial charge in [0.1, 0.15) is 24.1 Å². The van der Waals surface area contributed by atoms with Crippen LogP contribution in [0.5, 0.6) is 6.01 Å². The van der Waals surface area contributed by atoms with E-state index < -0.39 is 30.0 Å². The lowest BCUT2D eigenvalue weighted by Gasteiger charge is -2.31. The minimum atomic E-state index is -2.94. The summed E-state index contributed by atoms with van der Waals surface area (Å²) in [5.41, 5.74) is 1.67. The van der Waals surface area contributed by atoms with E-state index in [1.54, 1.807) is 24.0 Å². The molecule has 228 valence electrons. The first kappa shape index (κ1) is 28.6. The molecule has 7 rings (SSSR count). The summed E-state index contributed by atoms with van der Waals surface area (Å²) in [6, 6.07) is 5.23. The second-order valence-corrected chi connectivity index (χ2v) is 12.7. The third-order valence-electron chi connectivity index (χ3n) is 9.38. The fourth-order valence-electron chi connectivity index (χ4n) is 7.33. The highest BCUT2D eigenvalue weighted by Crippen LogP contribution is 2.44. The number of alkyl halides is 3. The van der Waals surface area contributed by atoms with Crippen LogP contribution in [0.25, 0.3) is 32.9 Å². The number of hydrogen-bond acceptors (Lipinski definition) is 6. The maximum Gasteiger partial charge on any atom is 0.319 e. The Bertz CT molecular complexity index is 1730. The quantitative estimate of drug-likeness (QED) is 0.228. The Kier molecular flexibility index (Phi) is 6.96. The van der Waals surface area contributed by atoms with Gasteiger partial charge in [0, 0.05) is 54.9 Å². The highest BCUT2D eigenvalue weighted by atomic mass is 35.5. The Morgan fingerprint density at radius 1 is 1.09 bits per heavy atom. The predicted molar refractivity (Wildman–Crippen MR) is 159 cm³/mol. The number of aryl methyl sites for hydroxylation is 2. The summed E-state index contributed by atoms with van der Waals surface area (Å²) >= 11 is 6.83. The summed E-state index contributed by atoms with van der Waals surface area (Å²) in [5, 5.41) is 5.51. The highest BCUT2D eigenvalue weighted by Gasteiger charge is 2.49. The van der Waals surface area contributed by atoms with E-state index in [4.69, 9.17) is 16.3 Å². The van der Waals surface area contributed by atoms with Crippen molar-refractivity contribution in [3.63, 3.8) is 0 Å². The number of rotatable bonds is 5. The summed E-state index contributed by atoms with van der Waals surface area (Å²) in [5.74, 6) is -3.48. The van der Waals surface area contributed by atoms with Crippen LogP contribution < -0.4 is 9.64 Å². The molecule has 0 aliphatic carbocycles. The van der Waals surface area contributed by atoms with Crippen molar-refractivity contribution < 1.29 is 22.3 Å². The average Bonchev–Trinajstić information content (AvgIpc) is 3.57. The van der Waals surface area contributed by atoms with E-state index in [1.165, 1.54) is 4.90 Å². The Morgan fingerprint density at radius 3 is 2.77 bits per heavy atom. The molecule has 0 N–H and O–H groups in total. The highest BCUT2D eigenvalue weighted by molar-refractivity contribution is 6.35. The molecule has 5 heterocycles. The Labute approximate surface area is 251 Å². The Morgan fingerprint density at radius 2 is 1.93 bits per heavy atom. The monoisotopic (exact) mass is 616 g/mol. The van der Waals surface area contributed by atoms with Crippen LogP contribution in [0.15, 0.2) is 24.4 Å². The van der Waals surface area contributed by atoms with Crippen molar-refractivity contribution >= 4 is 39.2 Å². The normalized spacial score (nSPS) is 24.2. The predicted octanol–water partition coefficient (Wildman–Crippen LogP) is 6.87. The van der Waals surface area contributed by atoms with Crippen molar-refractivity contribution in [2.24, 2.45) is 7.05 Å². The summed E-state index contributed by atoms with van der Waals surface area (Å²) in [7, 11) is 1.78. The van der Waals surface area contributed by atoms with Gasteiger partial charge in [-0.05, 0) is 50.8 Å². The van der Waals surface area contributed by atoms with Gasteiger partial charge in [-0.1, -0.05) is 23.7 Å². The lowest BCUT2D eigenvalue weighted by atomic mass is 9.95. The number of benzene rings is 2. The number of halogens is 5. The van der Waals surface area contributed by atoms with E-state index in [0.29, 0.717) is 43.4 Å². The third kappa shape index (κ3) is 4.88. The van der Waals surface area contributed by atoms with Crippen LogP contribution in [0.4, 0.5) is 23.4 Å². The second kappa shape index (κ2) is 10.5. The molecule has 2 aromatic heterocycles. The van der Waals surface area contributed by atoms with Crippen LogP contribution in [0, 0.1) is 12.7 Å². The number of hydrogen-bond donors (Lipinski definition) is 0. The summed E-state index contributed by atoms with van der Waals surface area (Å²) in [6.45, 7) is 2.89. The molecular weight excluding hydrogens is 584 g/mol. The van der Waals surface area contributed by atoms with Gasteiger partial charge in [-0.3, -0.25) is 9.58 Å². The van der Waals surface area contributed by atoms with Gasteiger partial charge < -0.3 is 9.64 Å². The molecule has 12 heteroatoms. The number of ether oxygens (including phenoxy) is 1. The van der Waals surface area contributed by atoms with Gasteiger partial charge in [-0.25, -0.2) is 17.6 Å². The van der Waals surface area contributed by atoms with Crippen molar-refractivity contribution in [1.82, 2.24) is 24.6 Å². The van der Waals surface area contributed by atoms with E-state index in [1.807, 2.05) is 19.1 Å². The molecule has 43 heavy (non-hydrogen) atoms. The van der Waals surface area contributed by atoms with E-state index in [9.17, 15) is 13.2 Å². The summed E-state index contributed by atoms with van der Waals surface area (Å²) in [6.07, 6.45) is 3.46. The zero-order valence-corrected chi connectivity index (χ0v) is 24.9. The number of aromatic nitrogens is 4. The largest absolute Gasteiger partial charge is 0.461 e. The molecule has 0 bridgehead atoms. The molecule has 3 aliphatic rings. The third-order valence-corrected chi connectivity index (χ3v) is 9.67. The van der Waals surface area contributed by atoms with Crippen LogP contribution in [0.3, 0.4) is 0 Å². The van der Waals surface area contributed by atoms with Gasteiger partial charge in [-0.2, -0.15) is 15.1 Å². The van der Waals surface area contributed by atoms with Crippen LogP contribution in [0.2, 0.25) is 5.02 Å². The maximum absolute atomic E-state index is 16.8.